The van der Waals surface area contributed by atoms with E-state index in [0.717, 1.165) is 12.1 Å². The van der Waals surface area contributed by atoms with Crippen LogP contribution in [0, 0.1) is 4.77 Å². The second-order valence-electron chi connectivity index (χ2n) is 3.66. The van der Waals surface area contributed by atoms with E-state index in [4.69, 9.17) is 17.3 Å². The predicted octanol–water partition coefficient (Wildman–Crippen LogP) is 0.317. The van der Waals surface area contributed by atoms with E-state index in [1.807, 2.05) is 4.57 Å². The molecule has 1 saturated heterocycles. The highest BCUT2D eigenvalue weighted by Crippen LogP contribution is 2.11. The van der Waals surface area contributed by atoms with Crippen LogP contribution in [0.4, 0.5) is 0 Å². The van der Waals surface area contributed by atoms with Crippen molar-refractivity contribution in [2.24, 2.45) is 0 Å². The van der Waals surface area contributed by atoms with E-state index in [2.05, 4.69) is 10.3 Å². The molecule has 1 amide bonds. The van der Waals surface area contributed by atoms with Gasteiger partial charge >= 0.3 is 0 Å². The second-order valence-corrected chi connectivity index (χ2v) is 4.04. The molecular weight excluding hydrogens is 214 g/mol. The lowest BCUT2D eigenvalue weighted by molar-refractivity contribution is -0.119. The summed E-state index contributed by atoms with van der Waals surface area (Å²) in [6.45, 7) is 0.581. The zero-order valence-electron chi connectivity index (χ0n) is 8.19. The van der Waals surface area contributed by atoms with Crippen molar-refractivity contribution >= 4 is 18.1 Å². The van der Waals surface area contributed by atoms with Gasteiger partial charge in [-0.25, -0.2) is 0 Å². The molecule has 1 unspecified atom stereocenters. The zero-order valence-corrected chi connectivity index (χ0v) is 9.01. The highest BCUT2D eigenvalue weighted by molar-refractivity contribution is 7.71. The van der Waals surface area contributed by atoms with Gasteiger partial charge in [0.05, 0.1) is 12.3 Å². The van der Waals surface area contributed by atoms with Crippen LogP contribution in [0.25, 0.3) is 0 Å². The molecule has 1 aromatic heterocycles. The molecule has 0 aliphatic carbocycles. The van der Waals surface area contributed by atoms with Crippen LogP contribution in [0.5, 0.6) is 0 Å². The molecule has 1 aromatic rings. The number of nitrogens with zero attached hydrogens (tertiary/aromatic N) is 1. The molecule has 1 fully saturated rings. The number of aromatic amines is 1. The summed E-state index contributed by atoms with van der Waals surface area (Å²) in [5, 5.41) is 12.0. The lowest BCUT2D eigenvalue weighted by Crippen LogP contribution is -2.30. The number of aliphatic hydroxyl groups excluding tert-OH is 1. The third-order valence-corrected chi connectivity index (χ3v) is 2.94. The van der Waals surface area contributed by atoms with E-state index >= 15 is 0 Å². The Morgan fingerprint density at radius 1 is 1.67 bits per heavy atom. The molecule has 0 spiro atoms. The summed E-state index contributed by atoms with van der Waals surface area (Å²) in [5.74, 6) is 0.0904. The first kappa shape index (κ1) is 10.4. The van der Waals surface area contributed by atoms with Crippen LogP contribution in [0.2, 0.25) is 0 Å². The van der Waals surface area contributed by atoms with Crippen LogP contribution in [0.1, 0.15) is 18.5 Å². The van der Waals surface area contributed by atoms with Crippen LogP contribution in [-0.2, 0) is 17.9 Å². The van der Waals surface area contributed by atoms with Crippen LogP contribution in [-0.4, -0.2) is 26.6 Å². The van der Waals surface area contributed by atoms with E-state index in [1.165, 1.54) is 0 Å². The predicted molar refractivity (Wildman–Crippen MR) is 56.7 cm³/mol. The number of H-pyrrole nitrogens is 1. The summed E-state index contributed by atoms with van der Waals surface area (Å²) >= 11 is 5.09. The lowest BCUT2D eigenvalue weighted by atomic mass is 10.2. The molecule has 3 N–H and O–H groups in total. The van der Waals surface area contributed by atoms with Gasteiger partial charge in [-0.1, -0.05) is 0 Å². The van der Waals surface area contributed by atoms with Crippen molar-refractivity contribution in [2.75, 3.05) is 0 Å². The Balaban J connectivity index is 2.13. The summed E-state index contributed by atoms with van der Waals surface area (Å²) in [4.78, 5) is 13.9. The Kier molecular flexibility index (Phi) is 2.88. The fourth-order valence-corrected chi connectivity index (χ4v) is 2.05. The monoisotopic (exact) mass is 227 g/mol. The van der Waals surface area contributed by atoms with Gasteiger partial charge in [0.2, 0.25) is 5.91 Å². The van der Waals surface area contributed by atoms with Crippen LogP contribution in [0.15, 0.2) is 6.20 Å². The fraction of sp³-hybridized carbons (Fsp3) is 0.556. The largest absolute Gasteiger partial charge is 0.390 e. The van der Waals surface area contributed by atoms with Crippen molar-refractivity contribution in [3.63, 3.8) is 0 Å². The Hall–Kier alpha value is -1.14. The van der Waals surface area contributed by atoms with E-state index in [0.29, 0.717) is 17.7 Å². The number of hydrogen-bond donors (Lipinski definition) is 3. The summed E-state index contributed by atoms with van der Waals surface area (Å²) in [5.41, 5.74) is 0.751. The summed E-state index contributed by atoms with van der Waals surface area (Å²) < 4.78 is 2.41. The molecule has 6 heteroatoms. The smallest absolute Gasteiger partial charge is 0.220 e. The topological polar surface area (TPSA) is 70.0 Å². The highest BCUT2D eigenvalue weighted by Gasteiger charge is 2.21. The molecular formula is C9H13N3O2S. The molecule has 1 atom stereocenters. The molecule has 82 valence electrons. The lowest BCUT2D eigenvalue weighted by Gasteiger charge is -2.12. The molecule has 1 aliphatic rings. The van der Waals surface area contributed by atoms with Gasteiger partial charge in [0.25, 0.3) is 0 Å². The molecule has 2 heterocycles. The minimum absolute atomic E-state index is 0.0478. The van der Waals surface area contributed by atoms with Crippen LogP contribution in [0.3, 0.4) is 0 Å². The number of imidazole rings is 1. The van der Waals surface area contributed by atoms with Gasteiger partial charge in [-0.3, -0.25) is 4.79 Å². The number of aromatic nitrogens is 2. The molecule has 0 radical (unpaired) electrons. The van der Waals surface area contributed by atoms with Crippen molar-refractivity contribution < 1.29 is 9.90 Å². The van der Waals surface area contributed by atoms with Gasteiger partial charge in [-0.2, -0.15) is 0 Å². The van der Waals surface area contributed by atoms with Crippen molar-refractivity contribution in [1.29, 1.82) is 0 Å². The number of carbonyl (C=O) groups is 1. The number of rotatable bonds is 3. The Morgan fingerprint density at radius 3 is 3.07 bits per heavy atom. The minimum atomic E-state index is -0.0478. The van der Waals surface area contributed by atoms with E-state index in [1.54, 1.807) is 6.20 Å². The fourth-order valence-electron chi connectivity index (χ4n) is 1.80. The van der Waals surface area contributed by atoms with Crippen molar-refractivity contribution in [3.05, 3.63) is 16.7 Å². The first-order valence-corrected chi connectivity index (χ1v) is 5.29. The number of aliphatic hydroxyl groups is 1. The Bertz CT molecular complexity index is 423. The molecule has 5 nitrogen and oxygen atoms in total. The third-order valence-electron chi connectivity index (χ3n) is 2.60. The van der Waals surface area contributed by atoms with Crippen LogP contribution < -0.4 is 5.32 Å². The van der Waals surface area contributed by atoms with Gasteiger partial charge < -0.3 is 20.0 Å². The number of hydrogen-bond acceptors (Lipinski definition) is 3. The molecule has 0 saturated carbocycles. The number of nitrogens with one attached hydrogen (secondary N) is 2. The third kappa shape index (κ3) is 2.10. The second kappa shape index (κ2) is 4.16. The average molecular weight is 227 g/mol. The van der Waals surface area contributed by atoms with Gasteiger partial charge in [0, 0.05) is 25.2 Å². The number of carbonyl (C=O) groups excluding carboxylic acids is 1. The molecule has 15 heavy (non-hydrogen) atoms. The van der Waals surface area contributed by atoms with Crippen molar-refractivity contribution in [2.45, 2.75) is 32.0 Å². The maximum Gasteiger partial charge on any atom is 0.220 e. The first-order chi connectivity index (χ1) is 7.20. The van der Waals surface area contributed by atoms with E-state index < -0.39 is 0 Å². The summed E-state index contributed by atoms with van der Waals surface area (Å²) in [6, 6.07) is 0.130. The van der Waals surface area contributed by atoms with Gasteiger partial charge in [0.15, 0.2) is 4.77 Å². The standard InChI is InChI=1S/C9H13N3O2S/c13-5-7-3-10-9(15)12(7)4-6-1-2-8(14)11-6/h3,6,13H,1-2,4-5H2,(H,10,15)(H,11,14). The van der Waals surface area contributed by atoms with Crippen LogP contribution >= 0.6 is 12.2 Å². The van der Waals surface area contributed by atoms with Crippen molar-refractivity contribution in [3.8, 4) is 0 Å². The maximum absolute atomic E-state index is 11.0. The first-order valence-electron chi connectivity index (χ1n) is 4.88. The maximum atomic E-state index is 11.0. The molecule has 0 aromatic carbocycles. The Labute approximate surface area is 92.1 Å². The normalized spacial score (nSPS) is 20.6. The molecule has 0 bridgehead atoms. The van der Waals surface area contributed by atoms with Gasteiger partial charge in [-0.05, 0) is 18.6 Å². The Morgan fingerprint density at radius 2 is 2.47 bits per heavy atom. The van der Waals surface area contributed by atoms with E-state index in [-0.39, 0.29) is 18.6 Å². The quantitative estimate of drug-likeness (QED) is 0.651. The van der Waals surface area contributed by atoms with Crippen molar-refractivity contribution in [1.82, 2.24) is 14.9 Å². The number of amides is 1. The summed E-state index contributed by atoms with van der Waals surface area (Å²) in [6.07, 6.45) is 3.10. The SMILES string of the molecule is O=C1CCC(Cn2c(CO)c[nH]c2=S)N1. The average Bonchev–Trinajstić information content (AvgIpc) is 2.76. The highest BCUT2D eigenvalue weighted by atomic mass is 32.1. The summed E-state index contributed by atoms with van der Waals surface area (Å²) in [7, 11) is 0. The zero-order chi connectivity index (χ0) is 10.8. The minimum Gasteiger partial charge on any atom is -0.390 e. The molecule has 2 rings (SSSR count). The van der Waals surface area contributed by atoms with Gasteiger partial charge in [-0.15, -0.1) is 0 Å². The molecule has 1 aliphatic heterocycles. The van der Waals surface area contributed by atoms with E-state index in [9.17, 15) is 4.79 Å². The van der Waals surface area contributed by atoms with Gasteiger partial charge in [0.1, 0.15) is 0 Å².